The fraction of sp³-hybridized carbons (Fsp3) is 0.588. The summed E-state index contributed by atoms with van der Waals surface area (Å²) in [6.07, 6.45) is 6.99. The molecule has 1 saturated heterocycles. The Hall–Kier alpha value is -1.86. The van der Waals surface area contributed by atoms with Gasteiger partial charge in [0, 0.05) is 31.5 Å². The van der Waals surface area contributed by atoms with E-state index in [1.807, 2.05) is 29.6 Å². The number of aryl methyl sites for hydroxylation is 2. The highest BCUT2D eigenvalue weighted by Crippen LogP contribution is 2.56. The SMILES string of the molecule is Cc1cc(C(=O)N(Cc2nccn2C)C2CC23CCNCC3)on1.Cl. The number of rotatable bonds is 4. The lowest BCUT2D eigenvalue weighted by molar-refractivity contribution is 0.0643. The normalized spacial score (nSPS) is 21.0. The van der Waals surface area contributed by atoms with Crippen molar-refractivity contribution in [2.75, 3.05) is 13.1 Å². The number of nitrogens with one attached hydrogen (secondary N) is 1. The van der Waals surface area contributed by atoms with Crippen LogP contribution in [0.3, 0.4) is 0 Å². The van der Waals surface area contributed by atoms with Crippen LogP contribution in [-0.2, 0) is 13.6 Å². The summed E-state index contributed by atoms with van der Waals surface area (Å²) in [4.78, 5) is 19.4. The molecule has 7 nitrogen and oxygen atoms in total. The van der Waals surface area contributed by atoms with E-state index in [0.29, 0.717) is 12.3 Å². The Balaban J connectivity index is 0.00000182. The number of piperidine rings is 1. The van der Waals surface area contributed by atoms with Crippen LogP contribution in [0.15, 0.2) is 23.0 Å². The summed E-state index contributed by atoms with van der Waals surface area (Å²) in [5, 5.41) is 7.28. The van der Waals surface area contributed by atoms with Crippen LogP contribution in [0.5, 0.6) is 0 Å². The number of carbonyl (C=O) groups excluding carboxylic acids is 1. The van der Waals surface area contributed by atoms with Crippen LogP contribution in [-0.4, -0.2) is 44.6 Å². The topological polar surface area (TPSA) is 76.2 Å². The number of amides is 1. The van der Waals surface area contributed by atoms with Crippen molar-refractivity contribution in [3.8, 4) is 0 Å². The Kier molecular flexibility index (Phi) is 4.88. The summed E-state index contributed by atoms with van der Waals surface area (Å²) < 4.78 is 7.19. The van der Waals surface area contributed by atoms with Gasteiger partial charge in [-0.15, -0.1) is 12.4 Å². The molecule has 25 heavy (non-hydrogen) atoms. The fourth-order valence-electron chi connectivity index (χ4n) is 3.86. The van der Waals surface area contributed by atoms with Crippen molar-refractivity contribution in [3.63, 3.8) is 0 Å². The van der Waals surface area contributed by atoms with Gasteiger partial charge in [-0.05, 0) is 44.7 Å². The Labute approximate surface area is 153 Å². The third-order valence-corrected chi connectivity index (χ3v) is 5.45. The lowest BCUT2D eigenvalue weighted by atomic mass is 9.93. The molecule has 0 radical (unpaired) electrons. The van der Waals surface area contributed by atoms with Gasteiger partial charge < -0.3 is 19.3 Å². The molecule has 1 spiro atoms. The van der Waals surface area contributed by atoms with E-state index in [2.05, 4.69) is 15.5 Å². The predicted octanol–water partition coefficient (Wildman–Crippen LogP) is 1.92. The fourth-order valence-corrected chi connectivity index (χ4v) is 3.86. The Bertz CT molecular complexity index is 750. The molecule has 2 aromatic rings. The van der Waals surface area contributed by atoms with Gasteiger partial charge in [0.25, 0.3) is 5.91 Å². The third kappa shape index (κ3) is 3.30. The van der Waals surface area contributed by atoms with Crippen LogP contribution >= 0.6 is 12.4 Å². The maximum atomic E-state index is 13.0. The Morgan fingerprint density at radius 1 is 1.48 bits per heavy atom. The van der Waals surface area contributed by atoms with Crippen molar-refractivity contribution in [1.29, 1.82) is 0 Å². The minimum absolute atomic E-state index is 0. The molecule has 1 atom stereocenters. The molecule has 1 aliphatic heterocycles. The standard InChI is InChI=1S/C17H23N5O2.ClH/c1-12-9-13(24-20-12)16(23)22(11-15-19-7-8-21(15)2)14-10-17(14)3-5-18-6-4-17;/h7-9,14,18H,3-6,10-11H2,1-2H3;1H. The first-order valence-electron chi connectivity index (χ1n) is 8.50. The lowest BCUT2D eigenvalue weighted by Gasteiger charge is -2.29. The van der Waals surface area contributed by atoms with Gasteiger partial charge in [-0.3, -0.25) is 4.79 Å². The van der Waals surface area contributed by atoms with E-state index in [0.717, 1.165) is 43.9 Å². The molecule has 1 N–H and O–H groups in total. The van der Waals surface area contributed by atoms with Gasteiger partial charge in [-0.25, -0.2) is 4.98 Å². The van der Waals surface area contributed by atoms with Crippen LogP contribution in [0.4, 0.5) is 0 Å². The van der Waals surface area contributed by atoms with E-state index in [1.165, 1.54) is 0 Å². The molecule has 2 aromatic heterocycles. The average molecular weight is 366 g/mol. The first-order valence-corrected chi connectivity index (χ1v) is 8.50. The van der Waals surface area contributed by atoms with Gasteiger partial charge in [0.1, 0.15) is 5.82 Å². The van der Waals surface area contributed by atoms with Crippen molar-refractivity contribution in [1.82, 2.24) is 24.9 Å². The van der Waals surface area contributed by atoms with Crippen molar-refractivity contribution >= 4 is 18.3 Å². The van der Waals surface area contributed by atoms with Crippen LogP contribution in [0.1, 0.15) is 41.3 Å². The summed E-state index contributed by atoms with van der Waals surface area (Å²) in [6.45, 7) is 4.39. The average Bonchev–Trinajstić information content (AvgIpc) is 2.91. The van der Waals surface area contributed by atoms with Crippen molar-refractivity contribution in [2.24, 2.45) is 12.5 Å². The molecule has 2 fully saturated rings. The molecule has 1 unspecified atom stereocenters. The number of nitrogens with zero attached hydrogens (tertiary/aromatic N) is 4. The van der Waals surface area contributed by atoms with E-state index in [1.54, 1.807) is 12.3 Å². The third-order valence-electron chi connectivity index (χ3n) is 5.45. The van der Waals surface area contributed by atoms with Crippen LogP contribution in [0.25, 0.3) is 0 Å². The predicted molar refractivity (Wildman–Crippen MR) is 94.5 cm³/mol. The van der Waals surface area contributed by atoms with Crippen molar-refractivity contribution in [3.05, 3.63) is 35.7 Å². The Morgan fingerprint density at radius 3 is 2.84 bits per heavy atom. The minimum Gasteiger partial charge on any atom is -0.351 e. The molecule has 1 saturated carbocycles. The summed E-state index contributed by atoms with van der Waals surface area (Å²) in [5.74, 6) is 1.12. The number of aromatic nitrogens is 3. The highest BCUT2D eigenvalue weighted by molar-refractivity contribution is 5.92. The van der Waals surface area contributed by atoms with E-state index in [9.17, 15) is 4.79 Å². The summed E-state index contributed by atoms with van der Waals surface area (Å²) >= 11 is 0. The van der Waals surface area contributed by atoms with Crippen molar-refractivity contribution < 1.29 is 9.32 Å². The molecule has 3 heterocycles. The second kappa shape index (κ2) is 6.80. The highest BCUT2D eigenvalue weighted by Gasteiger charge is 2.58. The molecule has 0 bridgehead atoms. The van der Waals surface area contributed by atoms with Crippen LogP contribution in [0.2, 0.25) is 0 Å². The van der Waals surface area contributed by atoms with E-state index >= 15 is 0 Å². The zero-order valence-electron chi connectivity index (χ0n) is 14.6. The molecule has 136 valence electrons. The number of hydrogen-bond donors (Lipinski definition) is 1. The van der Waals surface area contributed by atoms with Gasteiger partial charge in [0.15, 0.2) is 0 Å². The minimum atomic E-state index is -0.0843. The van der Waals surface area contributed by atoms with Crippen LogP contribution < -0.4 is 5.32 Å². The molecule has 1 aliphatic carbocycles. The van der Waals surface area contributed by atoms with E-state index in [4.69, 9.17) is 4.52 Å². The molecular weight excluding hydrogens is 342 g/mol. The van der Waals surface area contributed by atoms with Gasteiger partial charge in [-0.1, -0.05) is 5.16 Å². The second-order valence-electron chi connectivity index (χ2n) is 7.05. The quantitative estimate of drug-likeness (QED) is 0.895. The summed E-state index contributed by atoms with van der Waals surface area (Å²) in [5.41, 5.74) is 0.990. The van der Waals surface area contributed by atoms with E-state index < -0.39 is 0 Å². The zero-order valence-corrected chi connectivity index (χ0v) is 15.4. The second-order valence-corrected chi connectivity index (χ2v) is 7.05. The maximum absolute atomic E-state index is 13.0. The molecule has 8 heteroatoms. The summed E-state index contributed by atoms with van der Waals surface area (Å²) in [7, 11) is 1.96. The Morgan fingerprint density at radius 2 is 2.24 bits per heavy atom. The number of imidazole rings is 1. The molecule has 0 aromatic carbocycles. The highest BCUT2D eigenvalue weighted by atomic mass is 35.5. The molecule has 4 rings (SSSR count). The smallest absolute Gasteiger partial charge is 0.293 e. The molecular formula is C17H24ClN5O2. The maximum Gasteiger partial charge on any atom is 0.293 e. The first-order chi connectivity index (χ1) is 11.6. The molecule has 2 aliphatic rings. The largest absolute Gasteiger partial charge is 0.351 e. The first kappa shape index (κ1) is 17.9. The number of hydrogen-bond acceptors (Lipinski definition) is 5. The van der Waals surface area contributed by atoms with Gasteiger partial charge in [-0.2, -0.15) is 0 Å². The number of halogens is 1. The monoisotopic (exact) mass is 365 g/mol. The zero-order chi connectivity index (χ0) is 16.7. The van der Waals surface area contributed by atoms with Crippen molar-refractivity contribution in [2.45, 2.75) is 38.8 Å². The van der Waals surface area contributed by atoms with E-state index in [-0.39, 0.29) is 29.8 Å². The van der Waals surface area contributed by atoms with Gasteiger partial charge in [0.05, 0.1) is 12.2 Å². The number of carbonyl (C=O) groups is 1. The summed E-state index contributed by atoms with van der Waals surface area (Å²) in [6, 6.07) is 1.97. The molecule has 1 amide bonds. The van der Waals surface area contributed by atoms with Gasteiger partial charge in [0.2, 0.25) is 5.76 Å². The van der Waals surface area contributed by atoms with Crippen LogP contribution in [0, 0.1) is 12.3 Å². The van der Waals surface area contributed by atoms with Gasteiger partial charge >= 0.3 is 0 Å². The lowest BCUT2D eigenvalue weighted by Crippen LogP contribution is -2.39.